The number of likely N-dealkylation sites (tertiary alicyclic amines) is 1. The summed E-state index contributed by atoms with van der Waals surface area (Å²) in [5.41, 5.74) is 2.11. The smallest absolute Gasteiger partial charge is 0.313 e. The Bertz CT molecular complexity index is 967. The molecule has 3 rings (SSSR count). The molecule has 0 aromatic heterocycles. The number of hydrogen-bond acceptors (Lipinski definition) is 4. The minimum absolute atomic E-state index is 0.0370. The third-order valence-corrected chi connectivity index (χ3v) is 5.69. The highest BCUT2D eigenvalue weighted by Gasteiger charge is 2.46. The van der Waals surface area contributed by atoms with Gasteiger partial charge in [0.1, 0.15) is 5.41 Å². The summed E-state index contributed by atoms with van der Waals surface area (Å²) in [6.45, 7) is 4.31. The van der Waals surface area contributed by atoms with Crippen molar-refractivity contribution in [2.75, 3.05) is 26.8 Å². The number of carbonyl (C=O) groups excluding carboxylic acids is 2. The summed E-state index contributed by atoms with van der Waals surface area (Å²) in [5.74, 6) is -1.54. The fraction of sp³-hybridized carbons (Fsp3) is 0.348. The second-order valence-electron chi connectivity index (χ2n) is 7.67. The van der Waals surface area contributed by atoms with Gasteiger partial charge >= 0.3 is 5.97 Å². The third kappa shape index (κ3) is 3.93. The molecule has 0 radical (unpaired) electrons. The van der Waals surface area contributed by atoms with Gasteiger partial charge in [-0.2, -0.15) is 0 Å². The van der Waals surface area contributed by atoms with Crippen molar-refractivity contribution >= 4 is 17.7 Å². The second kappa shape index (κ2) is 8.17. The number of carboxylic acids is 1. The van der Waals surface area contributed by atoms with Gasteiger partial charge in [-0.3, -0.25) is 14.4 Å². The number of aryl methyl sites for hydroxylation is 2. The van der Waals surface area contributed by atoms with E-state index in [4.69, 9.17) is 4.74 Å². The molecule has 0 saturated carbocycles. The van der Waals surface area contributed by atoms with Crippen molar-refractivity contribution in [3.8, 4) is 0 Å². The van der Waals surface area contributed by atoms with Crippen LogP contribution in [0.5, 0.6) is 0 Å². The summed E-state index contributed by atoms with van der Waals surface area (Å²) < 4.78 is 5.09. The predicted octanol–water partition coefficient (Wildman–Crippen LogP) is 3.10. The van der Waals surface area contributed by atoms with Gasteiger partial charge in [0, 0.05) is 31.3 Å². The average Bonchev–Trinajstić information content (AvgIpc) is 3.15. The molecule has 1 heterocycles. The van der Waals surface area contributed by atoms with Crippen molar-refractivity contribution in [1.29, 1.82) is 0 Å². The maximum Gasteiger partial charge on any atom is 0.313 e. The van der Waals surface area contributed by atoms with Crippen molar-refractivity contribution < 1.29 is 24.2 Å². The molecule has 6 heteroatoms. The topological polar surface area (TPSA) is 83.9 Å². The lowest BCUT2D eigenvalue weighted by Crippen LogP contribution is -2.40. The van der Waals surface area contributed by atoms with Crippen LogP contribution in [-0.2, 0) is 9.53 Å². The van der Waals surface area contributed by atoms with Crippen molar-refractivity contribution in [1.82, 2.24) is 4.90 Å². The van der Waals surface area contributed by atoms with Gasteiger partial charge in [-0.1, -0.05) is 30.3 Å². The van der Waals surface area contributed by atoms with Crippen LogP contribution in [0.1, 0.15) is 43.8 Å². The molecule has 1 saturated heterocycles. The zero-order valence-corrected chi connectivity index (χ0v) is 16.9. The number of carbonyl (C=O) groups is 3. The molecule has 0 bridgehead atoms. The minimum Gasteiger partial charge on any atom is -0.481 e. The molecule has 2 aromatic carbocycles. The summed E-state index contributed by atoms with van der Waals surface area (Å²) in [4.78, 5) is 39.5. The molecule has 152 valence electrons. The first-order valence-electron chi connectivity index (χ1n) is 9.52. The highest BCUT2D eigenvalue weighted by molar-refractivity contribution is 6.15. The number of hydrogen-bond donors (Lipinski definition) is 1. The third-order valence-electron chi connectivity index (χ3n) is 5.69. The van der Waals surface area contributed by atoms with E-state index >= 15 is 0 Å². The molecule has 1 amide bonds. The number of nitrogens with zero attached hydrogens (tertiary/aromatic N) is 1. The van der Waals surface area contributed by atoms with Gasteiger partial charge in [0.15, 0.2) is 5.78 Å². The summed E-state index contributed by atoms with van der Waals surface area (Å²) in [6.07, 6.45) is 0.315. The number of carboxylic acid groups (broad SMARTS) is 1. The highest BCUT2D eigenvalue weighted by Crippen LogP contribution is 2.32. The molecule has 2 aromatic rings. The molecule has 0 aliphatic carbocycles. The molecular weight excluding hydrogens is 370 g/mol. The second-order valence-corrected chi connectivity index (χ2v) is 7.67. The fourth-order valence-corrected chi connectivity index (χ4v) is 3.75. The van der Waals surface area contributed by atoms with Crippen LogP contribution in [0.15, 0.2) is 42.5 Å². The summed E-state index contributed by atoms with van der Waals surface area (Å²) in [6, 6.07) is 12.2. The van der Waals surface area contributed by atoms with Gasteiger partial charge in [0.2, 0.25) is 0 Å². The Balaban J connectivity index is 1.91. The molecule has 6 nitrogen and oxygen atoms in total. The van der Waals surface area contributed by atoms with Crippen LogP contribution in [-0.4, -0.2) is 54.5 Å². The van der Waals surface area contributed by atoms with Crippen LogP contribution in [0.2, 0.25) is 0 Å². The number of rotatable bonds is 6. The van der Waals surface area contributed by atoms with Crippen LogP contribution in [0.4, 0.5) is 0 Å². The Labute approximate surface area is 170 Å². The lowest BCUT2D eigenvalue weighted by molar-refractivity contribution is -0.151. The van der Waals surface area contributed by atoms with E-state index in [9.17, 15) is 19.5 Å². The number of benzene rings is 2. The zero-order chi connectivity index (χ0) is 21.2. The normalized spacial score (nSPS) is 18.7. The molecule has 0 spiro atoms. The number of ether oxygens (including phenoxy) is 1. The van der Waals surface area contributed by atoms with E-state index in [-0.39, 0.29) is 30.4 Å². The van der Waals surface area contributed by atoms with E-state index < -0.39 is 11.4 Å². The number of aliphatic carboxylic acids is 1. The number of ketones is 1. The molecule has 29 heavy (non-hydrogen) atoms. The Morgan fingerprint density at radius 1 is 1.07 bits per heavy atom. The molecule has 1 fully saturated rings. The van der Waals surface area contributed by atoms with Gasteiger partial charge in [0.25, 0.3) is 5.91 Å². The predicted molar refractivity (Wildman–Crippen MR) is 108 cm³/mol. The van der Waals surface area contributed by atoms with E-state index in [1.807, 2.05) is 26.0 Å². The SMILES string of the molecule is COCC1(C(=O)O)CCN(C(=O)c2ccccc2C(=O)c2ccc(C)c(C)c2)C1. The van der Waals surface area contributed by atoms with Crippen LogP contribution in [0, 0.1) is 19.3 Å². The van der Waals surface area contributed by atoms with Crippen molar-refractivity contribution in [3.63, 3.8) is 0 Å². The van der Waals surface area contributed by atoms with Gasteiger partial charge in [-0.15, -0.1) is 0 Å². The standard InChI is InChI=1S/C23H25NO5/c1-15-8-9-17(12-16(15)2)20(25)18-6-4-5-7-19(18)21(26)24-11-10-23(13-24,14-29-3)22(27)28/h4-9,12H,10-11,13-14H2,1-3H3,(H,27,28). The molecule has 1 unspecified atom stereocenters. The van der Waals surface area contributed by atoms with Gasteiger partial charge in [0.05, 0.1) is 12.2 Å². The quantitative estimate of drug-likeness (QED) is 0.760. The Kier molecular flexibility index (Phi) is 5.84. The van der Waals surface area contributed by atoms with Gasteiger partial charge in [-0.05, 0) is 43.5 Å². The van der Waals surface area contributed by atoms with Gasteiger partial charge < -0.3 is 14.7 Å². The first-order valence-corrected chi connectivity index (χ1v) is 9.52. The summed E-state index contributed by atoms with van der Waals surface area (Å²) in [5, 5.41) is 9.63. The molecular formula is C23H25NO5. The van der Waals surface area contributed by atoms with E-state index in [1.165, 1.54) is 12.0 Å². The maximum atomic E-state index is 13.2. The largest absolute Gasteiger partial charge is 0.481 e. The van der Waals surface area contributed by atoms with E-state index in [2.05, 4.69) is 0 Å². The van der Waals surface area contributed by atoms with Crippen molar-refractivity contribution in [3.05, 3.63) is 70.3 Å². The van der Waals surface area contributed by atoms with Crippen LogP contribution in [0.3, 0.4) is 0 Å². The lowest BCUT2D eigenvalue weighted by Gasteiger charge is -2.24. The number of amides is 1. The van der Waals surface area contributed by atoms with Crippen molar-refractivity contribution in [2.24, 2.45) is 5.41 Å². The van der Waals surface area contributed by atoms with Crippen LogP contribution < -0.4 is 0 Å². The summed E-state index contributed by atoms with van der Waals surface area (Å²) >= 11 is 0. The Hall–Kier alpha value is -2.99. The molecule has 1 aliphatic heterocycles. The molecule has 1 aliphatic rings. The van der Waals surface area contributed by atoms with Crippen LogP contribution in [0.25, 0.3) is 0 Å². The lowest BCUT2D eigenvalue weighted by atomic mass is 9.88. The van der Waals surface area contributed by atoms with E-state index in [0.717, 1.165) is 11.1 Å². The maximum absolute atomic E-state index is 13.2. The van der Waals surface area contributed by atoms with Crippen molar-refractivity contribution in [2.45, 2.75) is 20.3 Å². The monoisotopic (exact) mass is 395 g/mol. The first kappa shape index (κ1) is 20.7. The Morgan fingerprint density at radius 2 is 1.76 bits per heavy atom. The average molecular weight is 395 g/mol. The molecule has 1 atom stereocenters. The molecule has 1 N–H and O–H groups in total. The first-order chi connectivity index (χ1) is 13.8. The zero-order valence-electron chi connectivity index (χ0n) is 16.9. The summed E-state index contributed by atoms with van der Waals surface area (Å²) in [7, 11) is 1.45. The fourth-order valence-electron chi connectivity index (χ4n) is 3.75. The Morgan fingerprint density at radius 3 is 2.38 bits per heavy atom. The van der Waals surface area contributed by atoms with E-state index in [1.54, 1.807) is 30.3 Å². The van der Waals surface area contributed by atoms with Crippen LogP contribution >= 0.6 is 0 Å². The number of methoxy groups -OCH3 is 1. The highest BCUT2D eigenvalue weighted by atomic mass is 16.5. The minimum atomic E-state index is -1.11. The van der Waals surface area contributed by atoms with Gasteiger partial charge in [-0.25, -0.2) is 0 Å². The van der Waals surface area contributed by atoms with E-state index in [0.29, 0.717) is 24.1 Å².